The highest BCUT2D eigenvalue weighted by Crippen LogP contribution is 2.22. The van der Waals surface area contributed by atoms with Crippen LogP contribution >= 0.6 is 12.4 Å². The van der Waals surface area contributed by atoms with Gasteiger partial charge in [0.05, 0.1) is 5.69 Å². The number of halogens is 1. The Kier molecular flexibility index (Phi) is 3.22. The molecule has 3 nitrogen and oxygen atoms in total. The fourth-order valence-corrected chi connectivity index (χ4v) is 1.81. The Labute approximate surface area is 84.2 Å². The molecule has 1 aromatic rings. The van der Waals surface area contributed by atoms with Crippen molar-refractivity contribution in [3.63, 3.8) is 0 Å². The molecule has 0 unspecified atom stereocenters. The smallest absolute Gasteiger partial charge is 0.125 e. The molecular weight excluding hydrogens is 186 g/mol. The van der Waals surface area contributed by atoms with Gasteiger partial charge in [-0.1, -0.05) is 0 Å². The molecule has 2 N–H and O–H groups in total. The Morgan fingerprint density at radius 3 is 2.77 bits per heavy atom. The number of aryl methyl sites for hydroxylation is 2. The zero-order valence-corrected chi connectivity index (χ0v) is 8.52. The summed E-state index contributed by atoms with van der Waals surface area (Å²) in [6.45, 7) is 2.48. The van der Waals surface area contributed by atoms with Crippen molar-refractivity contribution < 1.29 is 0 Å². The summed E-state index contributed by atoms with van der Waals surface area (Å²) in [7, 11) is 0. The largest absolute Gasteiger partial charge is 0.325 e. The van der Waals surface area contributed by atoms with Crippen LogP contribution in [0.3, 0.4) is 0 Å². The number of fused-ring (bicyclic) bond motifs is 1. The molecule has 0 saturated carbocycles. The Morgan fingerprint density at radius 1 is 1.31 bits per heavy atom. The normalized spacial score (nSPS) is 13.7. The lowest BCUT2D eigenvalue weighted by Gasteiger charge is -2.05. The van der Waals surface area contributed by atoms with Gasteiger partial charge in [-0.15, -0.1) is 12.4 Å². The molecule has 0 aliphatic heterocycles. The lowest BCUT2D eigenvalue weighted by molar-refractivity contribution is 0.884. The number of nitrogens with two attached hydrogens (primary N) is 1. The summed E-state index contributed by atoms with van der Waals surface area (Å²) in [5.74, 6) is 0.858. The standard InChI is InChI=1S/C9H13N3.ClH/c1-6-11-8-4-2-3-7(8)9(5-10)12-6;/h2-5,10H2,1H3;1H. The van der Waals surface area contributed by atoms with Crippen LogP contribution in [0.2, 0.25) is 0 Å². The summed E-state index contributed by atoms with van der Waals surface area (Å²) < 4.78 is 0. The third-order valence-electron chi connectivity index (χ3n) is 2.32. The van der Waals surface area contributed by atoms with Gasteiger partial charge in [0.2, 0.25) is 0 Å². The first-order valence-corrected chi connectivity index (χ1v) is 4.36. The molecule has 1 heterocycles. The van der Waals surface area contributed by atoms with E-state index < -0.39 is 0 Å². The molecule has 0 amide bonds. The third-order valence-corrected chi connectivity index (χ3v) is 2.32. The van der Waals surface area contributed by atoms with Gasteiger partial charge in [-0.05, 0) is 31.7 Å². The van der Waals surface area contributed by atoms with E-state index >= 15 is 0 Å². The average molecular weight is 200 g/mol. The third kappa shape index (κ3) is 1.81. The van der Waals surface area contributed by atoms with Crippen molar-refractivity contribution in [2.75, 3.05) is 0 Å². The molecule has 0 atom stereocenters. The molecular formula is C9H14ClN3. The van der Waals surface area contributed by atoms with E-state index in [-0.39, 0.29) is 12.4 Å². The average Bonchev–Trinajstić information content (AvgIpc) is 2.50. The van der Waals surface area contributed by atoms with Gasteiger partial charge >= 0.3 is 0 Å². The summed E-state index contributed by atoms with van der Waals surface area (Å²) in [6, 6.07) is 0. The molecule has 1 aliphatic carbocycles. The van der Waals surface area contributed by atoms with Crippen LogP contribution in [-0.4, -0.2) is 9.97 Å². The van der Waals surface area contributed by atoms with Crippen LogP contribution in [0.1, 0.15) is 29.2 Å². The van der Waals surface area contributed by atoms with E-state index in [4.69, 9.17) is 5.73 Å². The van der Waals surface area contributed by atoms with Gasteiger partial charge in [0, 0.05) is 12.2 Å². The topological polar surface area (TPSA) is 51.8 Å². The molecule has 0 bridgehead atoms. The molecule has 13 heavy (non-hydrogen) atoms. The van der Waals surface area contributed by atoms with Gasteiger partial charge in [0.15, 0.2) is 0 Å². The van der Waals surface area contributed by atoms with Crippen molar-refractivity contribution in [1.82, 2.24) is 9.97 Å². The van der Waals surface area contributed by atoms with Crippen molar-refractivity contribution in [3.8, 4) is 0 Å². The summed E-state index contributed by atoms with van der Waals surface area (Å²) in [5.41, 5.74) is 9.19. The molecule has 72 valence electrons. The highest BCUT2D eigenvalue weighted by atomic mass is 35.5. The highest BCUT2D eigenvalue weighted by Gasteiger charge is 2.16. The first-order valence-electron chi connectivity index (χ1n) is 4.36. The zero-order chi connectivity index (χ0) is 8.55. The Balaban J connectivity index is 0.000000845. The van der Waals surface area contributed by atoms with Crippen LogP contribution < -0.4 is 5.73 Å². The zero-order valence-electron chi connectivity index (χ0n) is 7.71. The molecule has 0 spiro atoms. The van der Waals surface area contributed by atoms with E-state index in [2.05, 4.69) is 9.97 Å². The van der Waals surface area contributed by atoms with Crippen LogP contribution in [0.25, 0.3) is 0 Å². The van der Waals surface area contributed by atoms with Gasteiger partial charge in [-0.2, -0.15) is 0 Å². The van der Waals surface area contributed by atoms with Crippen molar-refractivity contribution >= 4 is 12.4 Å². The Hall–Kier alpha value is -0.670. The number of hydrogen-bond acceptors (Lipinski definition) is 3. The molecule has 4 heteroatoms. The molecule has 0 saturated heterocycles. The van der Waals surface area contributed by atoms with Crippen molar-refractivity contribution in [2.24, 2.45) is 5.73 Å². The molecule has 1 aromatic heterocycles. The molecule has 0 aromatic carbocycles. The number of aromatic nitrogens is 2. The quantitative estimate of drug-likeness (QED) is 0.739. The maximum Gasteiger partial charge on any atom is 0.125 e. The van der Waals surface area contributed by atoms with Gasteiger partial charge in [-0.25, -0.2) is 9.97 Å². The minimum Gasteiger partial charge on any atom is -0.325 e. The van der Waals surface area contributed by atoms with E-state index in [0.29, 0.717) is 6.54 Å². The van der Waals surface area contributed by atoms with E-state index in [1.165, 1.54) is 17.7 Å². The van der Waals surface area contributed by atoms with E-state index in [0.717, 1.165) is 24.4 Å². The van der Waals surface area contributed by atoms with Crippen LogP contribution in [0, 0.1) is 6.92 Å². The summed E-state index contributed by atoms with van der Waals surface area (Å²) >= 11 is 0. The Morgan fingerprint density at radius 2 is 2.08 bits per heavy atom. The first-order chi connectivity index (χ1) is 5.81. The lowest BCUT2D eigenvalue weighted by Crippen LogP contribution is -2.07. The van der Waals surface area contributed by atoms with Gasteiger partial charge < -0.3 is 5.73 Å². The van der Waals surface area contributed by atoms with Crippen molar-refractivity contribution in [1.29, 1.82) is 0 Å². The van der Waals surface area contributed by atoms with Gasteiger partial charge in [-0.3, -0.25) is 0 Å². The summed E-state index contributed by atoms with van der Waals surface area (Å²) in [5, 5.41) is 0. The fourth-order valence-electron chi connectivity index (χ4n) is 1.81. The van der Waals surface area contributed by atoms with Crippen molar-refractivity contribution in [2.45, 2.75) is 32.7 Å². The molecule has 2 rings (SSSR count). The van der Waals surface area contributed by atoms with Crippen LogP contribution in [0.4, 0.5) is 0 Å². The molecule has 1 aliphatic rings. The Bertz CT molecular complexity index is 312. The van der Waals surface area contributed by atoms with Gasteiger partial charge in [0.1, 0.15) is 5.82 Å². The highest BCUT2D eigenvalue weighted by molar-refractivity contribution is 5.85. The predicted octanol–water partition coefficient (Wildman–Crippen LogP) is 1.15. The number of rotatable bonds is 1. The van der Waals surface area contributed by atoms with E-state index in [1.807, 2.05) is 6.92 Å². The second-order valence-corrected chi connectivity index (χ2v) is 3.20. The van der Waals surface area contributed by atoms with E-state index in [9.17, 15) is 0 Å². The minimum atomic E-state index is 0. The number of nitrogens with zero attached hydrogens (tertiary/aromatic N) is 2. The van der Waals surface area contributed by atoms with E-state index in [1.54, 1.807) is 0 Å². The maximum absolute atomic E-state index is 5.60. The van der Waals surface area contributed by atoms with Crippen molar-refractivity contribution in [3.05, 3.63) is 22.8 Å². The van der Waals surface area contributed by atoms with Crippen LogP contribution in [-0.2, 0) is 19.4 Å². The molecule has 0 radical (unpaired) electrons. The first kappa shape index (κ1) is 10.4. The summed E-state index contributed by atoms with van der Waals surface area (Å²) in [4.78, 5) is 8.72. The maximum atomic E-state index is 5.60. The minimum absolute atomic E-state index is 0. The second-order valence-electron chi connectivity index (χ2n) is 3.20. The fraction of sp³-hybridized carbons (Fsp3) is 0.556. The number of hydrogen-bond donors (Lipinski definition) is 1. The van der Waals surface area contributed by atoms with Crippen LogP contribution in [0.5, 0.6) is 0 Å². The SMILES string of the molecule is Cc1nc(CN)c2c(n1)CCC2.Cl. The predicted molar refractivity (Wildman–Crippen MR) is 53.9 cm³/mol. The molecule has 0 fully saturated rings. The lowest BCUT2D eigenvalue weighted by atomic mass is 10.2. The second kappa shape index (κ2) is 4.03. The summed E-state index contributed by atoms with van der Waals surface area (Å²) in [6.07, 6.45) is 3.42. The monoisotopic (exact) mass is 199 g/mol. The van der Waals surface area contributed by atoms with Crippen LogP contribution in [0.15, 0.2) is 0 Å². The van der Waals surface area contributed by atoms with Gasteiger partial charge in [0.25, 0.3) is 0 Å².